The summed E-state index contributed by atoms with van der Waals surface area (Å²) in [6.45, 7) is 2.42. The zero-order valence-electron chi connectivity index (χ0n) is 10.1. The molecule has 0 aliphatic heterocycles. The number of carboxylic acids is 1. The Morgan fingerprint density at radius 2 is 2.12 bits per heavy atom. The molecule has 0 radical (unpaired) electrons. The molecular formula is C14H19NO2. The Balaban J connectivity index is 2.40. The zero-order valence-corrected chi connectivity index (χ0v) is 10.1. The Hall–Kier alpha value is -1.35. The Bertz CT molecular complexity index is 424. The molecule has 17 heavy (non-hydrogen) atoms. The van der Waals surface area contributed by atoms with E-state index >= 15 is 0 Å². The van der Waals surface area contributed by atoms with Gasteiger partial charge in [0.15, 0.2) is 0 Å². The van der Waals surface area contributed by atoms with E-state index < -0.39 is 11.4 Å². The third-order valence-corrected chi connectivity index (χ3v) is 4.14. The molecule has 0 spiro atoms. The SMILES string of the molecule is Cc1ccccc1[C@H](CN)C1(C(=O)O)CCC1. The number of aryl methyl sites for hydroxylation is 1. The third kappa shape index (κ3) is 1.84. The summed E-state index contributed by atoms with van der Waals surface area (Å²) >= 11 is 0. The fraction of sp³-hybridized carbons (Fsp3) is 0.500. The van der Waals surface area contributed by atoms with Gasteiger partial charge < -0.3 is 10.8 Å². The van der Waals surface area contributed by atoms with Crippen molar-refractivity contribution in [2.45, 2.75) is 32.1 Å². The molecule has 0 heterocycles. The molecule has 3 N–H and O–H groups in total. The zero-order chi connectivity index (χ0) is 12.5. The number of nitrogens with two attached hydrogens (primary N) is 1. The summed E-state index contributed by atoms with van der Waals surface area (Å²) in [5.41, 5.74) is 7.45. The summed E-state index contributed by atoms with van der Waals surface area (Å²) < 4.78 is 0. The molecule has 3 nitrogen and oxygen atoms in total. The van der Waals surface area contributed by atoms with Gasteiger partial charge in [-0.1, -0.05) is 30.7 Å². The minimum Gasteiger partial charge on any atom is -0.481 e. The normalized spacial score (nSPS) is 19.4. The summed E-state index contributed by atoms with van der Waals surface area (Å²) in [7, 11) is 0. The van der Waals surface area contributed by atoms with Gasteiger partial charge in [0.2, 0.25) is 0 Å². The average Bonchev–Trinajstić information content (AvgIpc) is 2.24. The Labute approximate surface area is 102 Å². The molecule has 1 fully saturated rings. The van der Waals surface area contributed by atoms with Crippen LogP contribution in [0.2, 0.25) is 0 Å². The molecule has 0 aromatic heterocycles. The highest BCUT2D eigenvalue weighted by Crippen LogP contribution is 2.51. The Kier molecular flexibility index (Phi) is 3.20. The molecular weight excluding hydrogens is 214 g/mol. The van der Waals surface area contributed by atoms with Gasteiger partial charge in [-0.25, -0.2) is 0 Å². The Morgan fingerprint density at radius 3 is 2.53 bits per heavy atom. The first-order valence-corrected chi connectivity index (χ1v) is 6.11. The molecule has 0 bridgehead atoms. The van der Waals surface area contributed by atoms with E-state index in [4.69, 9.17) is 5.73 Å². The summed E-state index contributed by atoms with van der Waals surface area (Å²) in [5, 5.41) is 9.48. The van der Waals surface area contributed by atoms with Crippen LogP contribution < -0.4 is 5.73 Å². The fourth-order valence-corrected chi connectivity index (χ4v) is 2.90. The first-order valence-electron chi connectivity index (χ1n) is 6.11. The summed E-state index contributed by atoms with van der Waals surface area (Å²) in [6, 6.07) is 7.96. The van der Waals surface area contributed by atoms with Gasteiger partial charge in [0.1, 0.15) is 0 Å². The molecule has 2 rings (SSSR count). The number of hydrogen-bond donors (Lipinski definition) is 2. The van der Waals surface area contributed by atoms with E-state index in [2.05, 4.69) is 0 Å². The molecule has 0 saturated heterocycles. The summed E-state index contributed by atoms with van der Waals surface area (Å²) in [6.07, 6.45) is 2.49. The van der Waals surface area contributed by atoms with E-state index in [0.29, 0.717) is 6.54 Å². The lowest BCUT2D eigenvalue weighted by atomic mass is 9.59. The largest absolute Gasteiger partial charge is 0.481 e. The van der Waals surface area contributed by atoms with E-state index in [1.54, 1.807) is 0 Å². The summed E-state index contributed by atoms with van der Waals surface area (Å²) in [5.74, 6) is -0.752. The molecule has 1 aliphatic carbocycles. The van der Waals surface area contributed by atoms with Gasteiger partial charge in [-0.3, -0.25) is 4.79 Å². The lowest BCUT2D eigenvalue weighted by Gasteiger charge is -2.44. The van der Waals surface area contributed by atoms with Crippen LogP contribution in [0.1, 0.15) is 36.3 Å². The second-order valence-corrected chi connectivity index (χ2v) is 4.96. The number of rotatable bonds is 4. The van der Waals surface area contributed by atoms with E-state index in [1.807, 2.05) is 31.2 Å². The van der Waals surface area contributed by atoms with Crippen molar-refractivity contribution in [1.82, 2.24) is 0 Å². The van der Waals surface area contributed by atoms with Crippen LogP contribution in [0, 0.1) is 12.3 Å². The highest BCUT2D eigenvalue weighted by Gasteiger charge is 2.50. The highest BCUT2D eigenvalue weighted by atomic mass is 16.4. The molecule has 1 aliphatic rings. The van der Waals surface area contributed by atoms with Crippen LogP contribution in [0.15, 0.2) is 24.3 Å². The van der Waals surface area contributed by atoms with Crippen molar-refractivity contribution in [3.8, 4) is 0 Å². The van der Waals surface area contributed by atoms with Crippen LogP contribution in [0.4, 0.5) is 0 Å². The molecule has 1 saturated carbocycles. The van der Waals surface area contributed by atoms with E-state index in [1.165, 1.54) is 0 Å². The number of aliphatic carboxylic acids is 1. The van der Waals surface area contributed by atoms with Crippen molar-refractivity contribution in [1.29, 1.82) is 0 Å². The Morgan fingerprint density at radius 1 is 1.47 bits per heavy atom. The minimum absolute atomic E-state index is 0.0602. The lowest BCUT2D eigenvalue weighted by Crippen LogP contribution is -2.46. The van der Waals surface area contributed by atoms with Crippen LogP contribution in [0.3, 0.4) is 0 Å². The number of carbonyl (C=O) groups is 1. The molecule has 1 atom stereocenters. The topological polar surface area (TPSA) is 63.3 Å². The fourth-order valence-electron chi connectivity index (χ4n) is 2.90. The summed E-state index contributed by atoms with van der Waals surface area (Å²) in [4.78, 5) is 11.5. The van der Waals surface area contributed by atoms with Crippen molar-refractivity contribution in [2.75, 3.05) is 6.54 Å². The van der Waals surface area contributed by atoms with Crippen LogP contribution in [-0.4, -0.2) is 17.6 Å². The van der Waals surface area contributed by atoms with Crippen LogP contribution in [0.25, 0.3) is 0 Å². The van der Waals surface area contributed by atoms with Crippen LogP contribution >= 0.6 is 0 Å². The van der Waals surface area contributed by atoms with E-state index in [9.17, 15) is 9.90 Å². The van der Waals surface area contributed by atoms with Gasteiger partial charge in [-0.05, 0) is 30.9 Å². The maximum Gasteiger partial charge on any atom is 0.310 e. The third-order valence-electron chi connectivity index (χ3n) is 4.14. The van der Waals surface area contributed by atoms with Crippen molar-refractivity contribution in [3.05, 3.63) is 35.4 Å². The van der Waals surface area contributed by atoms with Crippen LogP contribution in [-0.2, 0) is 4.79 Å². The average molecular weight is 233 g/mol. The van der Waals surface area contributed by atoms with Crippen molar-refractivity contribution in [2.24, 2.45) is 11.1 Å². The molecule has 0 unspecified atom stereocenters. The minimum atomic E-state index is -0.692. The molecule has 0 amide bonds. The van der Waals surface area contributed by atoms with Crippen LogP contribution in [0.5, 0.6) is 0 Å². The smallest absolute Gasteiger partial charge is 0.310 e. The van der Waals surface area contributed by atoms with Crippen molar-refractivity contribution < 1.29 is 9.90 Å². The molecule has 1 aromatic rings. The number of carboxylic acid groups (broad SMARTS) is 1. The molecule has 3 heteroatoms. The monoisotopic (exact) mass is 233 g/mol. The van der Waals surface area contributed by atoms with E-state index in [0.717, 1.165) is 30.4 Å². The van der Waals surface area contributed by atoms with Gasteiger partial charge in [0.25, 0.3) is 0 Å². The van der Waals surface area contributed by atoms with Gasteiger partial charge in [-0.2, -0.15) is 0 Å². The molecule has 1 aromatic carbocycles. The number of benzene rings is 1. The molecule has 92 valence electrons. The predicted octanol–water partition coefficient (Wildman–Crippen LogP) is 2.29. The lowest BCUT2D eigenvalue weighted by molar-refractivity contribution is -0.156. The standard InChI is InChI=1S/C14H19NO2/c1-10-5-2-3-6-11(10)12(9-15)14(13(16)17)7-4-8-14/h2-3,5-6,12H,4,7-9,15H2,1H3,(H,16,17)/t12-/m0/s1. The van der Waals surface area contributed by atoms with Crippen molar-refractivity contribution >= 4 is 5.97 Å². The number of hydrogen-bond acceptors (Lipinski definition) is 2. The van der Waals surface area contributed by atoms with Gasteiger partial charge in [-0.15, -0.1) is 0 Å². The van der Waals surface area contributed by atoms with E-state index in [-0.39, 0.29) is 5.92 Å². The van der Waals surface area contributed by atoms with Gasteiger partial charge in [0, 0.05) is 12.5 Å². The predicted molar refractivity (Wildman–Crippen MR) is 66.9 cm³/mol. The second-order valence-electron chi connectivity index (χ2n) is 4.96. The first-order chi connectivity index (χ1) is 8.12. The maximum atomic E-state index is 11.5. The maximum absolute atomic E-state index is 11.5. The second kappa shape index (κ2) is 4.49. The highest BCUT2D eigenvalue weighted by molar-refractivity contribution is 5.77. The quantitative estimate of drug-likeness (QED) is 0.838. The first kappa shape index (κ1) is 12.1. The van der Waals surface area contributed by atoms with Crippen molar-refractivity contribution in [3.63, 3.8) is 0 Å². The van der Waals surface area contributed by atoms with Gasteiger partial charge >= 0.3 is 5.97 Å². The van der Waals surface area contributed by atoms with Gasteiger partial charge in [0.05, 0.1) is 5.41 Å².